The third kappa shape index (κ3) is 6.18. The minimum Gasteiger partial charge on any atom is -0.506 e. The summed E-state index contributed by atoms with van der Waals surface area (Å²) in [6.45, 7) is 9.97. The molecule has 0 aliphatic rings. The number of benzene rings is 2. The molecule has 1 amide bonds. The molecule has 2 rings (SSSR count). The number of amides is 1. The molecule has 2 N–H and O–H groups in total. The lowest BCUT2D eigenvalue weighted by Gasteiger charge is -2.31. The Hall–Kier alpha value is -3.13. The number of rotatable bonds is 6. The summed E-state index contributed by atoms with van der Waals surface area (Å²) in [4.78, 5) is 14.3. The zero-order chi connectivity index (χ0) is 21.6. The summed E-state index contributed by atoms with van der Waals surface area (Å²) >= 11 is 0. The number of carbonyl (C=O) groups is 1. The molecule has 0 spiro atoms. The first-order chi connectivity index (χ1) is 13.6. The number of hydrogen-bond donors (Lipinski definition) is 2. The molecule has 0 aliphatic heterocycles. The average Bonchev–Trinajstić information content (AvgIpc) is 2.66. The largest absolute Gasteiger partial charge is 0.506 e. The van der Waals surface area contributed by atoms with Crippen molar-refractivity contribution in [1.29, 1.82) is 0 Å². The molecule has 2 aromatic rings. The van der Waals surface area contributed by atoms with Crippen LogP contribution in [0.4, 0.5) is 16.2 Å². The summed E-state index contributed by atoms with van der Waals surface area (Å²) in [5.41, 5.74) is 2.39. The summed E-state index contributed by atoms with van der Waals surface area (Å²) in [5, 5.41) is 13.7. The van der Waals surface area contributed by atoms with E-state index < -0.39 is 11.7 Å². The Kier molecular flexibility index (Phi) is 7.17. The average molecular weight is 395 g/mol. The minimum atomic E-state index is -0.598. The third-order valence-corrected chi connectivity index (χ3v) is 4.46. The van der Waals surface area contributed by atoms with E-state index in [2.05, 4.69) is 11.2 Å². The van der Waals surface area contributed by atoms with Gasteiger partial charge in [0.25, 0.3) is 0 Å². The van der Waals surface area contributed by atoms with Gasteiger partial charge in [-0.15, -0.1) is 6.42 Å². The summed E-state index contributed by atoms with van der Waals surface area (Å²) in [6, 6.07) is 12.7. The Balaban J connectivity index is 2.20. The highest BCUT2D eigenvalue weighted by atomic mass is 16.6. The van der Waals surface area contributed by atoms with Gasteiger partial charge in [-0.1, -0.05) is 25.0 Å². The van der Waals surface area contributed by atoms with Gasteiger partial charge in [0.1, 0.15) is 11.4 Å². The molecule has 0 fully saturated rings. The van der Waals surface area contributed by atoms with Crippen LogP contribution in [0.15, 0.2) is 42.5 Å². The topological polar surface area (TPSA) is 61.8 Å². The Morgan fingerprint density at radius 1 is 1.28 bits per heavy atom. The highest BCUT2D eigenvalue weighted by Crippen LogP contribution is 2.31. The van der Waals surface area contributed by atoms with Crippen molar-refractivity contribution in [3.05, 3.63) is 53.6 Å². The maximum absolute atomic E-state index is 12.7. The molecular weight excluding hydrogens is 364 g/mol. The predicted molar refractivity (Wildman–Crippen MR) is 118 cm³/mol. The van der Waals surface area contributed by atoms with Gasteiger partial charge in [0.05, 0.1) is 11.4 Å². The van der Waals surface area contributed by atoms with Crippen molar-refractivity contribution in [3.8, 4) is 18.1 Å². The molecule has 0 heterocycles. The zero-order valence-corrected chi connectivity index (χ0v) is 17.8. The fraction of sp³-hybridized carbons (Fsp3) is 0.375. The summed E-state index contributed by atoms with van der Waals surface area (Å²) < 4.78 is 5.55. The maximum Gasteiger partial charge on any atom is 0.415 e. The number of hydrogen-bond acceptors (Lipinski definition) is 4. The van der Waals surface area contributed by atoms with E-state index in [1.165, 1.54) is 0 Å². The van der Waals surface area contributed by atoms with Crippen molar-refractivity contribution in [2.75, 3.05) is 10.2 Å². The molecule has 0 saturated carbocycles. The van der Waals surface area contributed by atoms with E-state index in [4.69, 9.17) is 11.2 Å². The SMILES string of the molecule is C#Cc1cccc(CNc2ccc(N(C(=O)OC(C)(C)C)C(C)CC)cc2O)c1. The van der Waals surface area contributed by atoms with Crippen LogP contribution in [-0.4, -0.2) is 22.8 Å². The summed E-state index contributed by atoms with van der Waals surface area (Å²) in [7, 11) is 0. The zero-order valence-electron chi connectivity index (χ0n) is 17.8. The normalized spacial score (nSPS) is 12.0. The number of anilines is 2. The Morgan fingerprint density at radius 3 is 2.59 bits per heavy atom. The number of phenolic OH excluding ortho intramolecular Hbond substituents is 1. The van der Waals surface area contributed by atoms with Gasteiger partial charge in [0, 0.05) is 24.2 Å². The Labute approximate surface area is 173 Å². The number of terminal acetylenes is 1. The molecule has 0 aromatic heterocycles. The molecule has 29 heavy (non-hydrogen) atoms. The lowest BCUT2D eigenvalue weighted by atomic mass is 10.1. The van der Waals surface area contributed by atoms with Crippen molar-refractivity contribution in [1.82, 2.24) is 0 Å². The van der Waals surface area contributed by atoms with Crippen molar-refractivity contribution < 1.29 is 14.6 Å². The van der Waals surface area contributed by atoms with E-state index in [0.717, 1.165) is 17.5 Å². The molecule has 5 nitrogen and oxygen atoms in total. The fourth-order valence-electron chi connectivity index (χ4n) is 2.82. The molecule has 5 heteroatoms. The molecule has 0 bridgehead atoms. The summed E-state index contributed by atoms with van der Waals surface area (Å²) in [5.74, 6) is 2.68. The fourth-order valence-corrected chi connectivity index (χ4v) is 2.82. The molecule has 2 aromatic carbocycles. The maximum atomic E-state index is 12.7. The lowest BCUT2D eigenvalue weighted by Crippen LogP contribution is -2.42. The number of nitrogens with zero attached hydrogens (tertiary/aromatic N) is 1. The van der Waals surface area contributed by atoms with E-state index in [1.54, 1.807) is 23.1 Å². The van der Waals surface area contributed by atoms with Gasteiger partial charge in [0.15, 0.2) is 0 Å². The van der Waals surface area contributed by atoms with Crippen molar-refractivity contribution in [2.45, 2.75) is 59.2 Å². The van der Waals surface area contributed by atoms with Gasteiger partial charge in [-0.05, 0) is 63.9 Å². The third-order valence-electron chi connectivity index (χ3n) is 4.46. The van der Waals surface area contributed by atoms with Gasteiger partial charge in [-0.3, -0.25) is 4.90 Å². The van der Waals surface area contributed by atoms with Gasteiger partial charge < -0.3 is 15.2 Å². The van der Waals surface area contributed by atoms with Crippen molar-refractivity contribution >= 4 is 17.5 Å². The van der Waals surface area contributed by atoms with Crippen LogP contribution in [0, 0.1) is 12.3 Å². The molecule has 0 radical (unpaired) electrons. The van der Waals surface area contributed by atoms with Crippen LogP contribution >= 0.6 is 0 Å². The van der Waals surface area contributed by atoms with Crippen LogP contribution in [-0.2, 0) is 11.3 Å². The standard InChI is InChI=1S/C24H30N2O3/c1-7-17(3)26(23(28)29-24(4,5)6)20-12-13-21(22(27)15-20)25-16-19-11-9-10-18(8-2)14-19/h2,9-15,17,25,27H,7,16H2,1,3-6H3. The second-order valence-electron chi connectivity index (χ2n) is 8.01. The first kappa shape index (κ1) is 22.2. The number of phenols is 1. The minimum absolute atomic E-state index is 0.0625. The van der Waals surface area contributed by atoms with E-state index in [9.17, 15) is 9.90 Å². The first-order valence-corrected chi connectivity index (χ1v) is 9.79. The van der Waals surface area contributed by atoms with Crippen LogP contribution < -0.4 is 10.2 Å². The molecule has 154 valence electrons. The van der Waals surface area contributed by atoms with Crippen LogP contribution in [0.3, 0.4) is 0 Å². The van der Waals surface area contributed by atoms with Crippen LogP contribution in [0.1, 0.15) is 52.2 Å². The number of nitrogens with one attached hydrogen (secondary N) is 1. The van der Waals surface area contributed by atoms with Crippen molar-refractivity contribution in [2.24, 2.45) is 0 Å². The predicted octanol–water partition coefficient (Wildman–Crippen LogP) is 5.53. The second kappa shape index (κ2) is 9.38. The monoisotopic (exact) mass is 394 g/mol. The Morgan fingerprint density at radius 2 is 2.00 bits per heavy atom. The molecule has 0 aliphatic carbocycles. The van der Waals surface area contributed by atoms with E-state index in [1.807, 2.05) is 58.9 Å². The highest BCUT2D eigenvalue weighted by molar-refractivity contribution is 5.89. The Bertz CT molecular complexity index is 894. The van der Waals surface area contributed by atoms with Crippen molar-refractivity contribution in [3.63, 3.8) is 0 Å². The second-order valence-corrected chi connectivity index (χ2v) is 8.01. The van der Waals surface area contributed by atoms with E-state index >= 15 is 0 Å². The highest BCUT2D eigenvalue weighted by Gasteiger charge is 2.27. The van der Waals surface area contributed by atoms with Crippen LogP contribution in [0.25, 0.3) is 0 Å². The number of ether oxygens (including phenoxy) is 1. The van der Waals surface area contributed by atoms with Gasteiger partial charge in [0.2, 0.25) is 0 Å². The number of carbonyl (C=O) groups excluding carboxylic acids is 1. The van der Waals surface area contributed by atoms with E-state index in [-0.39, 0.29) is 11.8 Å². The number of aromatic hydroxyl groups is 1. The van der Waals surface area contributed by atoms with Crippen LogP contribution in [0.2, 0.25) is 0 Å². The molecule has 0 saturated heterocycles. The molecule has 1 atom stereocenters. The smallest absolute Gasteiger partial charge is 0.415 e. The lowest BCUT2D eigenvalue weighted by molar-refractivity contribution is 0.0567. The van der Waals surface area contributed by atoms with Gasteiger partial charge >= 0.3 is 6.09 Å². The quantitative estimate of drug-likeness (QED) is 0.500. The van der Waals surface area contributed by atoms with Crippen LogP contribution in [0.5, 0.6) is 5.75 Å². The van der Waals surface area contributed by atoms with E-state index in [0.29, 0.717) is 17.9 Å². The van der Waals surface area contributed by atoms with Gasteiger partial charge in [-0.25, -0.2) is 4.79 Å². The summed E-state index contributed by atoms with van der Waals surface area (Å²) in [6.07, 6.45) is 5.76. The first-order valence-electron chi connectivity index (χ1n) is 9.79. The molecular formula is C24H30N2O3. The van der Waals surface area contributed by atoms with Gasteiger partial charge in [-0.2, -0.15) is 0 Å². The molecule has 1 unspecified atom stereocenters.